The molecule has 0 saturated heterocycles. The molecule has 15 heavy (non-hydrogen) atoms. The number of nitrogens with one attached hydrogen (secondary N) is 1. The Morgan fingerprint density at radius 3 is 2.80 bits per heavy atom. The fourth-order valence-corrected chi connectivity index (χ4v) is 1.70. The van der Waals surface area contributed by atoms with Crippen LogP contribution in [-0.2, 0) is 0 Å². The van der Waals surface area contributed by atoms with Gasteiger partial charge in [0.25, 0.3) is 0 Å². The number of hydrogen-bond donors (Lipinski definition) is 1. The molecule has 1 rings (SSSR count). The van der Waals surface area contributed by atoms with Gasteiger partial charge < -0.3 is 5.32 Å². The molecule has 1 N–H and O–H groups in total. The quantitative estimate of drug-likeness (QED) is 0.811. The monoisotopic (exact) mass is 202 g/mol. The van der Waals surface area contributed by atoms with Gasteiger partial charge in [0.15, 0.2) is 0 Å². The van der Waals surface area contributed by atoms with Gasteiger partial charge in [-0.05, 0) is 31.9 Å². The summed E-state index contributed by atoms with van der Waals surface area (Å²) in [5.74, 6) is 0. The lowest BCUT2D eigenvalue weighted by Crippen LogP contribution is -2.16. The van der Waals surface area contributed by atoms with Crippen LogP contribution >= 0.6 is 0 Å². The maximum atomic E-state index is 9.00. The van der Waals surface area contributed by atoms with Crippen LogP contribution in [0.4, 0.5) is 5.69 Å². The van der Waals surface area contributed by atoms with Gasteiger partial charge in [0.2, 0.25) is 0 Å². The highest BCUT2D eigenvalue weighted by Crippen LogP contribution is 2.21. The molecule has 0 aromatic heterocycles. The molecular weight excluding hydrogens is 184 g/mol. The first-order valence-corrected chi connectivity index (χ1v) is 5.45. The smallest absolute Gasteiger partial charge is 0.101 e. The van der Waals surface area contributed by atoms with Crippen LogP contribution in [0.2, 0.25) is 0 Å². The fourth-order valence-electron chi connectivity index (χ4n) is 1.70. The van der Waals surface area contributed by atoms with Gasteiger partial charge in [-0.1, -0.05) is 25.5 Å². The molecular formula is C13H18N2. The van der Waals surface area contributed by atoms with Crippen molar-refractivity contribution < 1.29 is 0 Å². The second-order valence-corrected chi connectivity index (χ2v) is 3.94. The van der Waals surface area contributed by atoms with Crippen molar-refractivity contribution in [1.82, 2.24) is 0 Å². The number of benzene rings is 1. The Labute approximate surface area is 91.9 Å². The van der Waals surface area contributed by atoms with Crippen molar-refractivity contribution in [3.63, 3.8) is 0 Å². The van der Waals surface area contributed by atoms with Crippen molar-refractivity contribution in [3.8, 4) is 6.07 Å². The molecule has 1 unspecified atom stereocenters. The standard InChI is InChI=1S/C13H18N2/c1-4-6-11(3)15-13-10(2)7-5-8-12(13)9-14/h5,7-8,11,15H,4,6H2,1-3H3. The van der Waals surface area contributed by atoms with E-state index in [1.54, 1.807) is 0 Å². The second kappa shape index (κ2) is 5.41. The Hall–Kier alpha value is -1.49. The van der Waals surface area contributed by atoms with Crippen molar-refractivity contribution >= 4 is 5.69 Å². The van der Waals surface area contributed by atoms with E-state index in [9.17, 15) is 0 Å². The van der Waals surface area contributed by atoms with Crippen LogP contribution in [0.25, 0.3) is 0 Å². The predicted molar refractivity (Wildman–Crippen MR) is 63.9 cm³/mol. The van der Waals surface area contributed by atoms with Crippen LogP contribution in [0, 0.1) is 18.3 Å². The number of anilines is 1. The summed E-state index contributed by atoms with van der Waals surface area (Å²) >= 11 is 0. The van der Waals surface area contributed by atoms with Gasteiger partial charge in [0.1, 0.15) is 6.07 Å². The SMILES string of the molecule is CCCC(C)Nc1c(C)cccc1C#N. The average molecular weight is 202 g/mol. The van der Waals surface area contributed by atoms with Gasteiger partial charge in [0, 0.05) is 6.04 Å². The number of hydrogen-bond acceptors (Lipinski definition) is 2. The highest BCUT2D eigenvalue weighted by Gasteiger charge is 2.07. The van der Waals surface area contributed by atoms with Gasteiger partial charge in [-0.15, -0.1) is 0 Å². The average Bonchev–Trinajstić information content (AvgIpc) is 2.21. The van der Waals surface area contributed by atoms with Gasteiger partial charge >= 0.3 is 0 Å². The van der Waals surface area contributed by atoms with Gasteiger partial charge in [-0.2, -0.15) is 5.26 Å². The molecule has 1 atom stereocenters. The Balaban J connectivity index is 2.88. The first kappa shape index (κ1) is 11.6. The van der Waals surface area contributed by atoms with Crippen molar-refractivity contribution in [2.24, 2.45) is 0 Å². The number of nitriles is 1. The summed E-state index contributed by atoms with van der Waals surface area (Å²) in [5.41, 5.74) is 2.86. The van der Waals surface area contributed by atoms with Crippen LogP contribution < -0.4 is 5.32 Å². The molecule has 0 aliphatic heterocycles. The highest BCUT2D eigenvalue weighted by atomic mass is 14.9. The summed E-state index contributed by atoms with van der Waals surface area (Å²) in [6.45, 7) is 6.35. The minimum absolute atomic E-state index is 0.420. The first-order chi connectivity index (χ1) is 7.19. The highest BCUT2D eigenvalue weighted by molar-refractivity contribution is 5.62. The summed E-state index contributed by atoms with van der Waals surface area (Å²) in [5, 5.41) is 12.4. The van der Waals surface area contributed by atoms with E-state index in [1.807, 2.05) is 25.1 Å². The minimum Gasteiger partial charge on any atom is -0.381 e. The Morgan fingerprint density at radius 1 is 1.47 bits per heavy atom. The van der Waals surface area contributed by atoms with E-state index in [-0.39, 0.29) is 0 Å². The lowest BCUT2D eigenvalue weighted by atomic mass is 10.1. The van der Waals surface area contributed by atoms with Crippen molar-refractivity contribution in [3.05, 3.63) is 29.3 Å². The molecule has 2 nitrogen and oxygen atoms in total. The molecule has 0 spiro atoms. The molecule has 0 fully saturated rings. The van der Waals surface area contributed by atoms with E-state index in [0.717, 1.165) is 29.7 Å². The fraction of sp³-hybridized carbons (Fsp3) is 0.462. The van der Waals surface area contributed by atoms with Crippen LogP contribution in [0.15, 0.2) is 18.2 Å². The Bertz CT molecular complexity index is 363. The summed E-state index contributed by atoms with van der Waals surface area (Å²) in [6, 6.07) is 8.45. The molecule has 0 aliphatic rings. The zero-order chi connectivity index (χ0) is 11.3. The summed E-state index contributed by atoms with van der Waals surface area (Å²) in [7, 11) is 0. The number of aryl methyl sites for hydroxylation is 1. The maximum Gasteiger partial charge on any atom is 0.101 e. The second-order valence-electron chi connectivity index (χ2n) is 3.94. The minimum atomic E-state index is 0.420. The van der Waals surface area contributed by atoms with E-state index in [4.69, 9.17) is 5.26 Å². The van der Waals surface area contributed by atoms with E-state index in [0.29, 0.717) is 6.04 Å². The van der Waals surface area contributed by atoms with Crippen LogP contribution in [0.5, 0.6) is 0 Å². The lowest BCUT2D eigenvalue weighted by Gasteiger charge is -2.17. The number of rotatable bonds is 4. The van der Waals surface area contributed by atoms with Crippen molar-refractivity contribution in [1.29, 1.82) is 5.26 Å². The van der Waals surface area contributed by atoms with Crippen LogP contribution in [-0.4, -0.2) is 6.04 Å². The molecule has 80 valence electrons. The number of nitrogens with zero attached hydrogens (tertiary/aromatic N) is 1. The van der Waals surface area contributed by atoms with Crippen molar-refractivity contribution in [2.45, 2.75) is 39.7 Å². The van der Waals surface area contributed by atoms with Crippen LogP contribution in [0.3, 0.4) is 0 Å². The topological polar surface area (TPSA) is 35.8 Å². The first-order valence-electron chi connectivity index (χ1n) is 5.45. The molecule has 0 saturated carbocycles. The van der Waals surface area contributed by atoms with E-state index >= 15 is 0 Å². The maximum absolute atomic E-state index is 9.00. The van der Waals surface area contributed by atoms with Gasteiger partial charge in [-0.3, -0.25) is 0 Å². The summed E-state index contributed by atoms with van der Waals surface area (Å²) in [4.78, 5) is 0. The molecule has 0 amide bonds. The molecule has 0 bridgehead atoms. The van der Waals surface area contributed by atoms with E-state index in [2.05, 4.69) is 25.2 Å². The largest absolute Gasteiger partial charge is 0.381 e. The zero-order valence-electron chi connectivity index (χ0n) is 9.67. The molecule has 0 heterocycles. The normalized spacial score (nSPS) is 11.9. The van der Waals surface area contributed by atoms with E-state index in [1.165, 1.54) is 0 Å². The molecule has 0 aliphatic carbocycles. The number of para-hydroxylation sites is 1. The van der Waals surface area contributed by atoms with Gasteiger partial charge in [-0.25, -0.2) is 0 Å². The van der Waals surface area contributed by atoms with Crippen molar-refractivity contribution in [2.75, 3.05) is 5.32 Å². The van der Waals surface area contributed by atoms with Gasteiger partial charge in [0.05, 0.1) is 11.3 Å². The Kier molecular flexibility index (Phi) is 4.17. The summed E-state index contributed by atoms with van der Waals surface area (Å²) < 4.78 is 0. The lowest BCUT2D eigenvalue weighted by molar-refractivity contribution is 0.689. The third-order valence-electron chi connectivity index (χ3n) is 2.51. The predicted octanol–water partition coefficient (Wildman–Crippen LogP) is 3.47. The third kappa shape index (κ3) is 2.99. The summed E-state index contributed by atoms with van der Waals surface area (Å²) in [6.07, 6.45) is 2.28. The molecule has 1 aromatic carbocycles. The molecule has 1 aromatic rings. The van der Waals surface area contributed by atoms with Crippen LogP contribution in [0.1, 0.15) is 37.8 Å². The Morgan fingerprint density at radius 2 is 2.20 bits per heavy atom. The molecule has 0 radical (unpaired) electrons. The van der Waals surface area contributed by atoms with E-state index < -0.39 is 0 Å². The zero-order valence-corrected chi connectivity index (χ0v) is 9.67. The third-order valence-corrected chi connectivity index (χ3v) is 2.51. The molecule has 2 heteroatoms.